The number of hydrogen-bond donors (Lipinski definition) is 2. The van der Waals surface area contributed by atoms with E-state index in [1.807, 2.05) is 6.07 Å². The third-order valence-electron chi connectivity index (χ3n) is 3.32. The third-order valence-corrected chi connectivity index (χ3v) is 3.32. The van der Waals surface area contributed by atoms with E-state index >= 15 is 0 Å². The topological polar surface area (TPSA) is 32.3 Å². The monoisotopic (exact) mass is 263 g/mol. The summed E-state index contributed by atoms with van der Waals surface area (Å²) in [5.74, 6) is 1.23. The Bertz CT molecular complexity index is 334. The Balaban J connectivity index is 2.74. The van der Waals surface area contributed by atoms with Crippen LogP contribution in [0, 0.1) is 11.8 Å². The Labute approximate surface area is 118 Å². The molecule has 0 aromatic heterocycles. The van der Waals surface area contributed by atoms with E-state index < -0.39 is 0 Å². The summed E-state index contributed by atoms with van der Waals surface area (Å²) in [5.41, 5.74) is 1.32. The van der Waals surface area contributed by atoms with Gasteiger partial charge < -0.3 is 10.4 Å². The van der Waals surface area contributed by atoms with E-state index in [1.54, 1.807) is 0 Å². The lowest BCUT2D eigenvalue weighted by atomic mass is 9.95. The zero-order chi connectivity index (χ0) is 14.3. The second-order valence-corrected chi connectivity index (χ2v) is 6.27. The van der Waals surface area contributed by atoms with Crippen molar-refractivity contribution in [1.29, 1.82) is 0 Å². The molecule has 1 rings (SSSR count). The Morgan fingerprint density at radius 2 is 1.53 bits per heavy atom. The number of hydrogen-bond acceptors (Lipinski definition) is 2. The van der Waals surface area contributed by atoms with Crippen molar-refractivity contribution < 1.29 is 5.11 Å². The van der Waals surface area contributed by atoms with Crippen molar-refractivity contribution in [1.82, 2.24) is 5.32 Å². The molecule has 0 fully saturated rings. The molecule has 108 valence electrons. The molecule has 0 bridgehead atoms. The van der Waals surface area contributed by atoms with E-state index in [2.05, 4.69) is 57.3 Å². The minimum atomic E-state index is 0.184. The van der Waals surface area contributed by atoms with Crippen LogP contribution in [0.25, 0.3) is 0 Å². The number of benzene rings is 1. The van der Waals surface area contributed by atoms with Gasteiger partial charge in [-0.1, -0.05) is 58.0 Å². The normalized spacial score (nSPS) is 14.9. The lowest BCUT2D eigenvalue weighted by Gasteiger charge is -2.27. The van der Waals surface area contributed by atoms with Gasteiger partial charge >= 0.3 is 0 Å². The molecule has 1 aromatic rings. The van der Waals surface area contributed by atoms with Crippen molar-refractivity contribution in [2.45, 2.75) is 52.6 Å². The zero-order valence-electron chi connectivity index (χ0n) is 12.8. The predicted molar refractivity (Wildman–Crippen MR) is 82.1 cm³/mol. The number of nitrogens with one attached hydrogen (secondary N) is 1. The van der Waals surface area contributed by atoms with Crippen LogP contribution in [0.3, 0.4) is 0 Å². The highest BCUT2D eigenvalue weighted by Crippen LogP contribution is 2.22. The molecule has 2 atom stereocenters. The average Bonchev–Trinajstić information content (AvgIpc) is 2.37. The fourth-order valence-electron chi connectivity index (χ4n) is 2.51. The molecule has 0 saturated heterocycles. The third kappa shape index (κ3) is 6.22. The summed E-state index contributed by atoms with van der Waals surface area (Å²) >= 11 is 0. The molecule has 0 radical (unpaired) electrons. The number of aliphatic hydroxyl groups is 1. The molecule has 0 heterocycles. The fraction of sp³-hybridized carbons (Fsp3) is 0.647. The van der Waals surface area contributed by atoms with E-state index in [0.29, 0.717) is 17.9 Å². The predicted octanol–water partition coefficient (Wildman–Crippen LogP) is 3.77. The van der Waals surface area contributed by atoms with Crippen molar-refractivity contribution in [3.05, 3.63) is 35.9 Å². The molecule has 2 heteroatoms. The first-order valence-corrected chi connectivity index (χ1v) is 7.44. The lowest BCUT2D eigenvalue weighted by Crippen LogP contribution is -2.37. The lowest BCUT2D eigenvalue weighted by molar-refractivity contribution is 0.207. The molecule has 1 aromatic carbocycles. The SMILES string of the molecule is CC(C)CC(CO)NC(CC(C)C)c1ccccc1. The summed E-state index contributed by atoms with van der Waals surface area (Å²) in [4.78, 5) is 0. The van der Waals surface area contributed by atoms with Crippen molar-refractivity contribution in [3.63, 3.8) is 0 Å². The standard InChI is InChI=1S/C17H29NO/c1-13(2)10-16(12-19)18-17(11-14(3)4)15-8-6-5-7-9-15/h5-9,13-14,16-19H,10-12H2,1-4H3. The van der Waals surface area contributed by atoms with E-state index in [1.165, 1.54) is 5.56 Å². The first-order valence-electron chi connectivity index (χ1n) is 7.44. The Hall–Kier alpha value is -0.860. The largest absolute Gasteiger partial charge is 0.395 e. The summed E-state index contributed by atoms with van der Waals surface area (Å²) in [7, 11) is 0. The van der Waals surface area contributed by atoms with Crippen LogP contribution >= 0.6 is 0 Å². The molecule has 0 aliphatic carbocycles. The summed E-state index contributed by atoms with van der Waals surface area (Å²) in [6, 6.07) is 11.1. The molecule has 0 spiro atoms. The van der Waals surface area contributed by atoms with Crippen LogP contribution < -0.4 is 5.32 Å². The van der Waals surface area contributed by atoms with Crippen molar-refractivity contribution in [2.75, 3.05) is 6.61 Å². The molecule has 2 unspecified atom stereocenters. The zero-order valence-corrected chi connectivity index (χ0v) is 12.8. The average molecular weight is 263 g/mol. The van der Waals surface area contributed by atoms with Gasteiger partial charge in [0, 0.05) is 12.1 Å². The highest BCUT2D eigenvalue weighted by Gasteiger charge is 2.18. The van der Waals surface area contributed by atoms with Gasteiger partial charge in [0.05, 0.1) is 6.61 Å². The van der Waals surface area contributed by atoms with Crippen LogP contribution in [-0.4, -0.2) is 17.8 Å². The summed E-state index contributed by atoms with van der Waals surface area (Å²) in [6.45, 7) is 9.09. The van der Waals surface area contributed by atoms with Crippen LogP contribution in [0.1, 0.15) is 52.1 Å². The van der Waals surface area contributed by atoms with Crippen LogP contribution in [-0.2, 0) is 0 Å². The molecule has 0 amide bonds. The van der Waals surface area contributed by atoms with E-state index in [0.717, 1.165) is 12.8 Å². The first kappa shape index (κ1) is 16.2. The molecule has 0 saturated carbocycles. The number of aliphatic hydroxyl groups excluding tert-OH is 1. The molecule has 0 aliphatic rings. The Morgan fingerprint density at radius 1 is 0.947 bits per heavy atom. The van der Waals surface area contributed by atoms with Gasteiger partial charge in [0.1, 0.15) is 0 Å². The highest BCUT2D eigenvalue weighted by atomic mass is 16.3. The number of rotatable bonds is 8. The summed E-state index contributed by atoms with van der Waals surface area (Å²) in [5, 5.41) is 13.2. The maximum Gasteiger partial charge on any atom is 0.0584 e. The minimum absolute atomic E-state index is 0.184. The van der Waals surface area contributed by atoms with Gasteiger partial charge in [0.2, 0.25) is 0 Å². The molecule has 19 heavy (non-hydrogen) atoms. The van der Waals surface area contributed by atoms with Gasteiger partial charge in [-0.2, -0.15) is 0 Å². The van der Waals surface area contributed by atoms with Crippen LogP contribution in [0.5, 0.6) is 0 Å². The van der Waals surface area contributed by atoms with E-state index in [9.17, 15) is 5.11 Å². The van der Waals surface area contributed by atoms with Gasteiger partial charge in [-0.15, -0.1) is 0 Å². The van der Waals surface area contributed by atoms with Crippen molar-refractivity contribution >= 4 is 0 Å². The second-order valence-electron chi connectivity index (χ2n) is 6.27. The van der Waals surface area contributed by atoms with E-state index in [4.69, 9.17) is 0 Å². The summed E-state index contributed by atoms with van der Waals surface area (Å²) in [6.07, 6.45) is 2.11. The smallest absolute Gasteiger partial charge is 0.0584 e. The van der Waals surface area contributed by atoms with Gasteiger partial charge in [-0.25, -0.2) is 0 Å². The van der Waals surface area contributed by atoms with Crippen LogP contribution in [0.15, 0.2) is 30.3 Å². The maximum atomic E-state index is 9.54. The summed E-state index contributed by atoms with van der Waals surface area (Å²) < 4.78 is 0. The molecular formula is C17H29NO. The van der Waals surface area contributed by atoms with Crippen LogP contribution in [0.2, 0.25) is 0 Å². The van der Waals surface area contributed by atoms with E-state index in [-0.39, 0.29) is 12.6 Å². The highest BCUT2D eigenvalue weighted by molar-refractivity contribution is 5.19. The Kier molecular flexibility index (Phi) is 7.11. The first-order chi connectivity index (χ1) is 9.02. The van der Waals surface area contributed by atoms with Gasteiger partial charge in [-0.3, -0.25) is 0 Å². The van der Waals surface area contributed by atoms with Crippen molar-refractivity contribution in [3.8, 4) is 0 Å². The fourth-order valence-corrected chi connectivity index (χ4v) is 2.51. The maximum absolute atomic E-state index is 9.54. The van der Waals surface area contributed by atoms with Crippen LogP contribution in [0.4, 0.5) is 0 Å². The molecule has 0 aliphatic heterocycles. The van der Waals surface area contributed by atoms with Crippen molar-refractivity contribution in [2.24, 2.45) is 11.8 Å². The molecular weight excluding hydrogens is 234 g/mol. The van der Waals surface area contributed by atoms with Gasteiger partial charge in [-0.05, 0) is 30.2 Å². The minimum Gasteiger partial charge on any atom is -0.395 e. The quantitative estimate of drug-likeness (QED) is 0.748. The van der Waals surface area contributed by atoms with Gasteiger partial charge in [0.15, 0.2) is 0 Å². The molecule has 2 N–H and O–H groups in total. The van der Waals surface area contributed by atoms with Gasteiger partial charge in [0.25, 0.3) is 0 Å². The Morgan fingerprint density at radius 3 is 2.00 bits per heavy atom. The second kappa shape index (κ2) is 8.34. The molecule has 2 nitrogen and oxygen atoms in total.